The van der Waals surface area contributed by atoms with Crippen molar-refractivity contribution in [1.82, 2.24) is 20.0 Å². The molecule has 2 heterocycles. The summed E-state index contributed by atoms with van der Waals surface area (Å²) in [6.07, 6.45) is 9.74. The standard InChI is InChI=1S/C20H34N4O2/c1-22-12-13-24(19(26)21-17-4-2-3-5-17)15-20(22)9-8-18(25)23(11-10-20)14-16-6-7-16/h16-17H,2-15H2,1H3,(H,21,26)/t20-/m1/s1. The van der Waals surface area contributed by atoms with E-state index in [2.05, 4.69) is 22.2 Å². The van der Waals surface area contributed by atoms with E-state index in [9.17, 15) is 9.59 Å². The maximum absolute atomic E-state index is 12.8. The molecule has 2 saturated heterocycles. The van der Waals surface area contributed by atoms with Gasteiger partial charge in [-0.25, -0.2) is 4.79 Å². The average molecular weight is 363 g/mol. The Kier molecular flexibility index (Phi) is 5.13. The maximum atomic E-state index is 12.8. The van der Waals surface area contributed by atoms with Gasteiger partial charge in [-0.1, -0.05) is 12.8 Å². The second kappa shape index (κ2) is 7.37. The van der Waals surface area contributed by atoms with Gasteiger partial charge in [-0.3, -0.25) is 9.69 Å². The number of likely N-dealkylation sites (N-methyl/N-ethyl adjacent to an activating group) is 1. The van der Waals surface area contributed by atoms with Crippen LogP contribution in [0.1, 0.15) is 57.8 Å². The van der Waals surface area contributed by atoms with E-state index in [1.165, 1.54) is 25.7 Å². The summed E-state index contributed by atoms with van der Waals surface area (Å²) in [6.45, 7) is 4.24. The lowest BCUT2D eigenvalue weighted by Crippen LogP contribution is -2.63. The second-order valence-corrected chi connectivity index (χ2v) is 9.03. The molecule has 2 saturated carbocycles. The summed E-state index contributed by atoms with van der Waals surface area (Å²) in [5, 5.41) is 3.24. The number of likely N-dealkylation sites (tertiary alicyclic amines) is 1. The highest BCUT2D eigenvalue weighted by atomic mass is 16.2. The number of carbonyl (C=O) groups excluding carboxylic acids is 2. The molecule has 4 aliphatic rings. The zero-order chi connectivity index (χ0) is 18.1. The molecule has 0 aromatic rings. The van der Waals surface area contributed by atoms with E-state index in [1.54, 1.807) is 0 Å². The summed E-state index contributed by atoms with van der Waals surface area (Å²) in [5.74, 6) is 1.06. The fraction of sp³-hybridized carbons (Fsp3) is 0.900. The minimum atomic E-state index is -0.0424. The quantitative estimate of drug-likeness (QED) is 0.836. The zero-order valence-electron chi connectivity index (χ0n) is 16.2. The first-order valence-electron chi connectivity index (χ1n) is 10.6. The third-order valence-electron chi connectivity index (χ3n) is 7.15. The number of rotatable bonds is 3. The predicted octanol–water partition coefficient (Wildman–Crippen LogP) is 2.05. The smallest absolute Gasteiger partial charge is 0.317 e. The van der Waals surface area contributed by atoms with Gasteiger partial charge in [0.1, 0.15) is 0 Å². The topological polar surface area (TPSA) is 55.9 Å². The van der Waals surface area contributed by atoms with E-state index in [0.717, 1.165) is 64.3 Å². The largest absolute Gasteiger partial charge is 0.342 e. The van der Waals surface area contributed by atoms with Gasteiger partial charge in [-0.05, 0) is 51.5 Å². The molecule has 0 radical (unpaired) electrons. The number of hydrogen-bond acceptors (Lipinski definition) is 3. The van der Waals surface area contributed by atoms with Gasteiger partial charge in [-0.15, -0.1) is 0 Å². The fourth-order valence-corrected chi connectivity index (χ4v) is 5.01. The molecule has 0 bridgehead atoms. The molecule has 26 heavy (non-hydrogen) atoms. The molecular formula is C20H34N4O2. The zero-order valence-corrected chi connectivity index (χ0v) is 16.2. The molecule has 4 rings (SSSR count). The van der Waals surface area contributed by atoms with E-state index in [-0.39, 0.29) is 11.6 Å². The molecular weight excluding hydrogens is 328 g/mol. The summed E-state index contributed by atoms with van der Waals surface area (Å²) in [5.41, 5.74) is -0.0424. The van der Waals surface area contributed by atoms with E-state index in [1.807, 2.05) is 4.90 Å². The Balaban J connectivity index is 1.40. The Bertz CT molecular complexity index is 544. The van der Waals surface area contributed by atoms with Crippen molar-refractivity contribution in [2.45, 2.75) is 69.4 Å². The van der Waals surface area contributed by atoms with Crippen LogP contribution in [-0.4, -0.2) is 78.0 Å². The Labute approximate surface area is 157 Å². The number of hydrogen-bond donors (Lipinski definition) is 1. The van der Waals surface area contributed by atoms with Crippen LogP contribution in [0.5, 0.6) is 0 Å². The van der Waals surface area contributed by atoms with E-state index < -0.39 is 0 Å². The highest BCUT2D eigenvalue weighted by molar-refractivity contribution is 5.77. The van der Waals surface area contributed by atoms with Crippen molar-refractivity contribution >= 4 is 11.9 Å². The summed E-state index contributed by atoms with van der Waals surface area (Å²) >= 11 is 0. The van der Waals surface area contributed by atoms with Crippen molar-refractivity contribution in [3.05, 3.63) is 0 Å². The van der Waals surface area contributed by atoms with Gasteiger partial charge in [0.25, 0.3) is 0 Å². The number of nitrogens with one attached hydrogen (secondary N) is 1. The summed E-state index contributed by atoms with van der Waals surface area (Å²) < 4.78 is 0. The predicted molar refractivity (Wildman–Crippen MR) is 101 cm³/mol. The lowest BCUT2D eigenvalue weighted by molar-refractivity contribution is -0.130. The van der Waals surface area contributed by atoms with Crippen molar-refractivity contribution in [1.29, 1.82) is 0 Å². The molecule has 1 N–H and O–H groups in total. The van der Waals surface area contributed by atoms with Crippen LogP contribution in [0.3, 0.4) is 0 Å². The third kappa shape index (κ3) is 3.85. The Morgan fingerprint density at radius 2 is 1.88 bits per heavy atom. The molecule has 2 aliphatic heterocycles. The Hall–Kier alpha value is -1.30. The lowest BCUT2D eigenvalue weighted by atomic mass is 9.86. The van der Waals surface area contributed by atoms with Crippen LogP contribution >= 0.6 is 0 Å². The average Bonchev–Trinajstić information content (AvgIpc) is 3.34. The lowest BCUT2D eigenvalue weighted by Gasteiger charge is -2.49. The highest BCUT2D eigenvalue weighted by Crippen LogP contribution is 2.35. The van der Waals surface area contributed by atoms with Crippen molar-refractivity contribution in [2.75, 3.05) is 39.8 Å². The molecule has 1 spiro atoms. The van der Waals surface area contributed by atoms with Gasteiger partial charge in [-0.2, -0.15) is 0 Å². The Morgan fingerprint density at radius 1 is 1.12 bits per heavy atom. The first kappa shape index (κ1) is 18.1. The summed E-state index contributed by atoms with van der Waals surface area (Å²) in [4.78, 5) is 31.9. The van der Waals surface area contributed by atoms with E-state index in [4.69, 9.17) is 0 Å². The van der Waals surface area contributed by atoms with Crippen LogP contribution < -0.4 is 5.32 Å². The normalized spacial score (nSPS) is 31.5. The van der Waals surface area contributed by atoms with Gasteiger partial charge >= 0.3 is 6.03 Å². The fourth-order valence-electron chi connectivity index (χ4n) is 5.01. The number of piperazine rings is 1. The molecule has 6 nitrogen and oxygen atoms in total. The first-order valence-corrected chi connectivity index (χ1v) is 10.6. The molecule has 0 unspecified atom stereocenters. The second-order valence-electron chi connectivity index (χ2n) is 9.03. The van der Waals surface area contributed by atoms with Gasteiger partial charge in [0.15, 0.2) is 0 Å². The van der Waals surface area contributed by atoms with Crippen LogP contribution in [0, 0.1) is 5.92 Å². The van der Waals surface area contributed by atoms with Crippen molar-refractivity contribution in [3.63, 3.8) is 0 Å². The monoisotopic (exact) mass is 362 g/mol. The van der Waals surface area contributed by atoms with Crippen LogP contribution in [0.15, 0.2) is 0 Å². The molecule has 0 aromatic heterocycles. The first-order chi connectivity index (χ1) is 12.6. The maximum Gasteiger partial charge on any atom is 0.317 e. The van der Waals surface area contributed by atoms with E-state index in [0.29, 0.717) is 18.4 Å². The third-order valence-corrected chi connectivity index (χ3v) is 7.15. The van der Waals surface area contributed by atoms with Gasteiger partial charge < -0.3 is 15.1 Å². The van der Waals surface area contributed by atoms with Crippen molar-refractivity contribution in [2.24, 2.45) is 5.92 Å². The molecule has 4 fully saturated rings. The molecule has 3 amide bonds. The molecule has 146 valence electrons. The molecule has 0 aromatic carbocycles. The van der Waals surface area contributed by atoms with Gasteiger partial charge in [0, 0.05) is 50.7 Å². The molecule has 2 aliphatic carbocycles. The van der Waals surface area contributed by atoms with Gasteiger partial charge in [0.2, 0.25) is 5.91 Å². The minimum absolute atomic E-state index is 0.0424. The van der Waals surface area contributed by atoms with Crippen LogP contribution in [0.2, 0.25) is 0 Å². The van der Waals surface area contributed by atoms with Gasteiger partial charge in [0.05, 0.1) is 0 Å². The number of amides is 3. The van der Waals surface area contributed by atoms with Crippen LogP contribution in [-0.2, 0) is 4.79 Å². The number of urea groups is 1. The SMILES string of the molecule is CN1CCN(C(=O)NC2CCCC2)C[C@]12CCC(=O)N(CC1CC1)CC2. The minimum Gasteiger partial charge on any atom is -0.342 e. The highest BCUT2D eigenvalue weighted by Gasteiger charge is 2.44. The van der Waals surface area contributed by atoms with Crippen LogP contribution in [0.25, 0.3) is 0 Å². The summed E-state index contributed by atoms with van der Waals surface area (Å²) in [7, 11) is 2.17. The number of carbonyl (C=O) groups is 2. The van der Waals surface area contributed by atoms with Crippen molar-refractivity contribution < 1.29 is 9.59 Å². The van der Waals surface area contributed by atoms with Crippen LogP contribution in [0.4, 0.5) is 4.79 Å². The van der Waals surface area contributed by atoms with E-state index >= 15 is 0 Å². The Morgan fingerprint density at radius 3 is 2.62 bits per heavy atom. The summed E-state index contributed by atoms with van der Waals surface area (Å²) in [6, 6.07) is 0.470. The molecule has 1 atom stereocenters. The van der Waals surface area contributed by atoms with Crippen molar-refractivity contribution in [3.8, 4) is 0 Å². The molecule has 6 heteroatoms. The number of nitrogens with zero attached hydrogens (tertiary/aromatic N) is 3.